The lowest BCUT2D eigenvalue weighted by Gasteiger charge is -2.22. The highest BCUT2D eigenvalue weighted by Crippen LogP contribution is 2.42. The van der Waals surface area contributed by atoms with E-state index in [9.17, 15) is 23.1 Å². The van der Waals surface area contributed by atoms with Gasteiger partial charge in [0, 0.05) is 43.0 Å². The van der Waals surface area contributed by atoms with E-state index < -0.39 is 23.4 Å². The molecule has 1 aromatic rings. The van der Waals surface area contributed by atoms with Crippen LogP contribution in [0.15, 0.2) is 6.20 Å². The quantitative estimate of drug-likeness (QED) is 0.901. The summed E-state index contributed by atoms with van der Waals surface area (Å²) in [5.41, 5.74) is -0.0924. The number of aliphatic carboxylic acids is 1. The van der Waals surface area contributed by atoms with Gasteiger partial charge in [0.15, 0.2) is 0 Å². The minimum Gasteiger partial charge on any atom is -0.481 e. The predicted molar refractivity (Wildman–Crippen MR) is 71.4 cm³/mol. The Morgan fingerprint density at radius 3 is 2.87 bits per heavy atom. The maximum Gasteiger partial charge on any atom is 0.451 e. The number of ether oxygens (including phenoxy) is 1. The number of alkyl halides is 3. The number of carboxylic acid groups (broad SMARTS) is 1. The summed E-state index contributed by atoms with van der Waals surface area (Å²) in [6.07, 6.45) is -3.40. The van der Waals surface area contributed by atoms with Crippen LogP contribution in [0.1, 0.15) is 17.1 Å². The van der Waals surface area contributed by atoms with E-state index in [0.717, 1.165) is 0 Å². The maximum atomic E-state index is 12.6. The summed E-state index contributed by atoms with van der Waals surface area (Å²) < 4.78 is 43.0. The fourth-order valence-electron chi connectivity index (χ4n) is 3.29. The molecule has 0 spiro atoms. The summed E-state index contributed by atoms with van der Waals surface area (Å²) in [5, 5.41) is 9.48. The van der Waals surface area contributed by atoms with Crippen molar-refractivity contribution in [3.63, 3.8) is 0 Å². The smallest absolute Gasteiger partial charge is 0.451 e. The second-order valence-corrected chi connectivity index (χ2v) is 6.14. The Labute approximate surface area is 130 Å². The van der Waals surface area contributed by atoms with Gasteiger partial charge >= 0.3 is 12.1 Å². The normalized spacial score (nSPS) is 28.1. The third-order valence-electron chi connectivity index (χ3n) is 4.60. The molecule has 2 aliphatic rings. The van der Waals surface area contributed by atoms with Gasteiger partial charge in [0.1, 0.15) is 5.41 Å². The van der Waals surface area contributed by atoms with Crippen LogP contribution in [0.4, 0.5) is 13.2 Å². The van der Waals surface area contributed by atoms with Crippen LogP contribution in [0.2, 0.25) is 0 Å². The molecule has 0 bridgehead atoms. The van der Waals surface area contributed by atoms with Gasteiger partial charge in [-0.3, -0.25) is 9.69 Å². The SMILES string of the molecule is Cc1nc(C(F)(F)F)ncc1CN1C[C@@H]2COC[C@]2(C(=O)O)C1. The van der Waals surface area contributed by atoms with Gasteiger partial charge in [0.25, 0.3) is 0 Å². The molecule has 2 fully saturated rings. The molecule has 6 nitrogen and oxygen atoms in total. The number of aryl methyl sites for hydroxylation is 1. The molecule has 2 atom stereocenters. The van der Waals surface area contributed by atoms with Gasteiger partial charge in [-0.25, -0.2) is 9.97 Å². The summed E-state index contributed by atoms with van der Waals surface area (Å²) in [7, 11) is 0. The molecule has 0 saturated carbocycles. The largest absolute Gasteiger partial charge is 0.481 e. The minimum absolute atomic E-state index is 0.101. The molecule has 0 aliphatic carbocycles. The summed E-state index contributed by atoms with van der Waals surface area (Å²) in [6, 6.07) is 0. The van der Waals surface area contributed by atoms with Gasteiger partial charge in [-0.15, -0.1) is 0 Å². The van der Waals surface area contributed by atoms with E-state index in [-0.39, 0.29) is 18.2 Å². The van der Waals surface area contributed by atoms with Gasteiger partial charge in [0.2, 0.25) is 5.82 Å². The van der Waals surface area contributed by atoms with Crippen molar-refractivity contribution in [2.75, 3.05) is 26.3 Å². The van der Waals surface area contributed by atoms with Gasteiger partial charge in [-0.2, -0.15) is 13.2 Å². The number of nitrogens with zero attached hydrogens (tertiary/aromatic N) is 3. The molecule has 3 heterocycles. The van der Waals surface area contributed by atoms with E-state index in [4.69, 9.17) is 4.74 Å². The number of hydrogen-bond acceptors (Lipinski definition) is 5. The second kappa shape index (κ2) is 5.41. The van der Waals surface area contributed by atoms with Crippen LogP contribution in [0.25, 0.3) is 0 Å². The molecule has 1 aromatic heterocycles. The van der Waals surface area contributed by atoms with Crippen LogP contribution >= 0.6 is 0 Å². The number of halogens is 3. The molecule has 23 heavy (non-hydrogen) atoms. The number of carboxylic acids is 1. The number of aromatic nitrogens is 2. The van der Waals surface area contributed by atoms with E-state index in [1.165, 1.54) is 13.1 Å². The lowest BCUT2D eigenvalue weighted by Crippen LogP contribution is -2.38. The summed E-state index contributed by atoms with van der Waals surface area (Å²) in [6.45, 7) is 3.24. The molecular formula is C14H16F3N3O3. The zero-order chi connectivity index (χ0) is 16.8. The molecule has 2 aliphatic heterocycles. The molecule has 0 aromatic carbocycles. The zero-order valence-electron chi connectivity index (χ0n) is 12.4. The van der Waals surface area contributed by atoms with Crippen molar-refractivity contribution in [1.82, 2.24) is 14.9 Å². The van der Waals surface area contributed by atoms with E-state index in [0.29, 0.717) is 31.8 Å². The summed E-state index contributed by atoms with van der Waals surface area (Å²) in [5.74, 6) is -2.15. The Balaban J connectivity index is 1.75. The average Bonchev–Trinajstić information content (AvgIpc) is 2.97. The predicted octanol–water partition coefficient (Wildman–Crippen LogP) is 1.34. The Bertz CT molecular complexity index is 637. The van der Waals surface area contributed by atoms with Crippen molar-refractivity contribution < 1.29 is 27.8 Å². The Hall–Kier alpha value is -1.74. The van der Waals surface area contributed by atoms with Crippen molar-refractivity contribution in [3.05, 3.63) is 23.3 Å². The number of rotatable bonds is 3. The van der Waals surface area contributed by atoms with E-state index >= 15 is 0 Å². The molecule has 126 valence electrons. The molecule has 0 amide bonds. The topological polar surface area (TPSA) is 75.5 Å². The maximum absolute atomic E-state index is 12.6. The molecule has 2 saturated heterocycles. The first kappa shape index (κ1) is 16.1. The van der Waals surface area contributed by atoms with Gasteiger partial charge in [0.05, 0.1) is 13.2 Å². The molecule has 1 N–H and O–H groups in total. The van der Waals surface area contributed by atoms with E-state index in [2.05, 4.69) is 9.97 Å². The number of fused-ring (bicyclic) bond motifs is 1. The lowest BCUT2D eigenvalue weighted by molar-refractivity contribution is -0.149. The van der Waals surface area contributed by atoms with Crippen LogP contribution in [0.3, 0.4) is 0 Å². The standard InChI is InChI=1S/C14H16F3N3O3/c1-8-9(2-18-11(19-8)14(15,16)17)3-20-4-10-5-23-7-13(10,6-20)12(21)22/h2,10H,3-7H2,1H3,(H,21,22)/t10-,13-/m1/s1. The van der Waals surface area contributed by atoms with E-state index in [1.54, 1.807) is 0 Å². The molecule has 3 rings (SSSR count). The first-order valence-electron chi connectivity index (χ1n) is 7.15. The third-order valence-corrected chi connectivity index (χ3v) is 4.60. The number of hydrogen-bond donors (Lipinski definition) is 1. The van der Waals surface area contributed by atoms with Crippen LogP contribution in [-0.4, -0.2) is 52.2 Å². The fraction of sp³-hybridized carbons (Fsp3) is 0.643. The van der Waals surface area contributed by atoms with Gasteiger partial charge in [-0.05, 0) is 6.92 Å². The van der Waals surface area contributed by atoms with Crippen molar-refractivity contribution in [1.29, 1.82) is 0 Å². The Kier molecular flexibility index (Phi) is 3.80. The van der Waals surface area contributed by atoms with Crippen molar-refractivity contribution in [3.8, 4) is 0 Å². The fourth-order valence-corrected chi connectivity index (χ4v) is 3.29. The minimum atomic E-state index is -4.57. The highest BCUT2D eigenvalue weighted by Gasteiger charge is 2.56. The Morgan fingerprint density at radius 1 is 1.57 bits per heavy atom. The van der Waals surface area contributed by atoms with Gasteiger partial charge < -0.3 is 9.84 Å². The van der Waals surface area contributed by atoms with Crippen molar-refractivity contribution in [2.24, 2.45) is 11.3 Å². The average molecular weight is 331 g/mol. The van der Waals surface area contributed by atoms with Crippen molar-refractivity contribution >= 4 is 5.97 Å². The zero-order valence-corrected chi connectivity index (χ0v) is 12.4. The molecule has 9 heteroatoms. The number of carbonyl (C=O) groups is 1. The molecule has 0 radical (unpaired) electrons. The monoisotopic (exact) mass is 331 g/mol. The van der Waals surface area contributed by atoms with Crippen molar-refractivity contribution in [2.45, 2.75) is 19.6 Å². The Morgan fingerprint density at radius 2 is 2.30 bits per heavy atom. The lowest BCUT2D eigenvalue weighted by atomic mass is 9.81. The van der Waals surface area contributed by atoms with Crippen LogP contribution in [0, 0.1) is 18.3 Å². The molecule has 0 unspecified atom stereocenters. The molecular weight excluding hydrogens is 315 g/mol. The van der Waals surface area contributed by atoms with Gasteiger partial charge in [-0.1, -0.05) is 0 Å². The highest BCUT2D eigenvalue weighted by atomic mass is 19.4. The first-order chi connectivity index (χ1) is 10.7. The third kappa shape index (κ3) is 2.78. The number of likely N-dealkylation sites (tertiary alicyclic amines) is 1. The first-order valence-corrected chi connectivity index (χ1v) is 7.15. The van der Waals surface area contributed by atoms with Crippen LogP contribution in [0.5, 0.6) is 0 Å². The van der Waals surface area contributed by atoms with Crippen LogP contribution < -0.4 is 0 Å². The summed E-state index contributed by atoms with van der Waals surface area (Å²) >= 11 is 0. The van der Waals surface area contributed by atoms with E-state index in [1.807, 2.05) is 4.90 Å². The second-order valence-electron chi connectivity index (χ2n) is 6.14. The summed E-state index contributed by atoms with van der Waals surface area (Å²) in [4.78, 5) is 20.4. The van der Waals surface area contributed by atoms with Crippen LogP contribution in [-0.2, 0) is 22.3 Å². The highest BCUT2D eigenvalue weighted by molar-refractivity contribution is 5.76.